The number of amides is 1. The van der Waals surface area contributed by atoms with Gasteiger partial charge in [-0.1, -0.05) is 0 Å². The summed E-state index contributed by atoms with van der Waals surface area (Å²) in [6, 6.07) is 7.15. The number of benzene rings is 1. The summed E-state index contributed by atoms with van der Waals surface area (Å²) in [5.74, 6) is 1.01. The van der Waals surface area contributed by atoms with E-state index in [1.165, 1.54) is 0 Å². The molecule has 0 spiro atoms. The van der Waals surface area contributed by atoms with E-state index >= 15 is 0 Å². The van der Waals surface area contributed by atoms with Gasteiger partial charge in [-0.15, -0.1) is 0 Å². The highest BCUT2D eigenvalue weighted by Gasteiger charge is 2.14. The molecule has 1 atom stereocenters. The fourth-order valence-corrected chi connectivity index (χ4v) is 2.34. The number of fused-ring (bicyclic) bond motifs is 1. The third-order valence-corrected chi connectivity index (χ3v) is 3.39. The van der Waals surface area contributed by atoms with Crippen molar-refractivity contribution in [2.45, 2.75) is 13.0 Å². The Kier molecular flexibility index (Phi) is 3.81. The molecule has 0 radical (unpaired) electrons. The zero-order valence-corrected chi connectivity index (χ0v) is 11.2. The first-order valence-corrected chi connectivity index (χ1v) is 7.08. The number of hydrogen-bond acceptors (Lipinski definition) is 4. The minimum absolute atomic E-state index is 0.116. The zero-order valence-electron chi connectivity index (χ0n) is 10.4. The molecule has 0 saturated heterocycles. The van der Waals surface area contributed by atoms with E-state index in [0.717, 1.165) is 11.1 Å². The van der Waals surface area contributed by atoms with E-state index in [1.807, 2.05) is 13.2 Å². The van der Waals surface area contributed by atoms with Gasteiger partial charge >= 0.3 is 0 Å². The molecule has 4 nitrogen and oxygen atoms in total. The van der Waals surface area contributed by atoms with Crippen LogP contribution >= 0.6 is 11.8 Å². The van der Waals surface area contributed by atoms with Gasteiger partial charge in [-0.2, -0.15) is 11.8 Å². The van der Waals surface area contributed by atoms with Gasteiger partial charge in [0.05, 0.1) is 0 Å². The Bertz CT molecular complexity index is 565. The van der Waals surface area contributed by atoms with Gasteiger partial charge < -0.3 is 15.5 Å². The van der Waals surface area contributed by atoms with Crippen LogP contribution in [0.5, 0.6) is 0 Å². The monoisotopic (exact) mass is 264 g/mol. The Morgan fingerprint density at radius 3 is 3.00 bits per heavy atom. The Morgan fingerprint density at radius 2 is 2.28 bits per heavy atom. The number of carbonyl (C=O) groups is 1. The van der Waals surface area contributed by atoms with E-state index in [9.17, 15) is 4.79 Å². The van der Waals surface area contributed by atoms with Crippen LogP contribution in [0.15, 0.2) is 28.7 Å². The second kappa shape index (κ2) is 5.35. The lowest BCUT2D eigenvalue weighted by molar-refractivity contribution is 0.0918. The molecule has 1 aromatic carbocycles. The maximum Gasteiger partial charge on any atom is 0.287 e. The number of anilines is 1. The lowest BCUT2D eigenvalue weighted by atomic mass is 10.2. The van der Waals surface area contributed by atoms with Gasteiger partial charge in [0.1, 0.15) is 5.58 Å². The standard InChI is InChI=1S/C13H16N2O2S/c1-8(7-18-2)15-13(16)12-6-9-5-10(14)3-4-11(9)17-12/h3-6,8H,7,14H2,1-2H3,(H,15,16). The molecule has 2 rings (SSSR count). The molecule has 1 amide bonds. The van der Waals surface area contributed by atoms with Gasteiger partial charge in [-0.25, -0.2) is 0 Å². The minimum atomic E-state index is -0.189. The predicted molar refractivity (Wildman–Crippen MR) is 75.9 cm³/mol. The summed E-state index contributed by atoms with van der Waals surface area (Å²) in [6.45, 7) is 1.97. The van der Waals surface area contributed by atoms with Crippen LogP contribution in [0.4, 0.5) is 5.69 Å². The smallest absolute Gasteiger partial charge is 0.287 e. The fraction of sp³-hybridized carbons (Fsp3) is 0.308. The van der Waals surface area contributed by atoms with Gasteiger partial charge in [0.15, 0.2) is 5.76 Å². The number of nitrogens with one attached hydrogen (secondary N) is 1. The lowest BCUT2D eigenvalue weighted by Crippen LogP contribution is -2.33. The van der Waals surface area contributed by atoms with Gasteiger partial charge in [0, 0.05) is 22.9 Å². The maximum absolute atomic E-state index is 11.9. The SMILES string of the molecule is CSCC(C)NC(=O)c1cc2cc(N)ccc2o1. The summed E-state index contributed by atoms with van der Waals surface area (Å²) in [7, 11) is 0. The topological polar surface area (TPSA) is 68.3 Å². The van der Waals surface area contributed by atoms with Gasteiger partial charge in [-0.05, 0) is 37.4 Å². The number of hydrogen-bond donors (Lipinski definition) is 2. The molecule has 1 unspecified atom stereocenters. The fourth-order valence-electron chi connectivity index (χ4n) is 1.76. The van der Waals surface area contributed by atoms with Crippen LogP contribution in [0.25, 0.3) is 11.0 Å². The summed E-state index contributed by atoms with van der Waals surface area (Å²) in [5, 5.41) is 3.73. The van der Waals surface area contributed by atoms with E-state index < -0.39 is 0 Å². The Balaban J connectivity index is 2.18. The van der Waals surface area contributed by atoms with Crippen LogP contribution < -0.4 is 11.1 Å². The molecule has 0 aliphatic heterocycles. The van der Waals surface area contributed by atoms with Crippen LogP contribution in [0.2, 0.25) is 0 Å². The molecule has 18 heavy (non-hydrogen) atoms. The Morgan fingerprint density at radius 1 is 1.50 bits per heavy atom. The molecule has 1 aromatic heterocycles. The van der Waals surface area contributed by atoms with Crippen LogP contribution in [0, 0.1) is 0 Å². The van der Waals surface area contributed by atoms with Crippen molar-refractivity contribution in [1.29, 1.82) is 0 Å². The molecule has 2 aromatic rings. The first-order chi connectivity index (χ1) is 8.60. The van der Waals surface area contributed by atoms with E-state index in [4.69, 9.17) is 10.2 Å². The van der Waals surface area contributed by atoms with E-state index in [0.29, 0.717) is 17.0 Å². The zero-order chi connectivity index (χ0) is 13.1. The van der Waals surface area contributed by atoms with Crippen LogP contribution in [-0.2, 0) is 0 Å². The third kappa shape index (κ3) is 2.79. The molecule has 0 fully saturated rings. The Hall–Kier alpha value is -1.62. The summed E-state index contributed by atoms with van der Waals surface area (Å²) < 4.78 is 5.49. The quantitative estimate of drug-likeness (QED) is 0.832. The summed E-state index contributed by atoms with van der Waals surface area (Å²) in [6.07, 6.45) is 2.01. The normalized spacial score (nSPS) is 12.6. The summed E-state index contributed by atoms with van der Waals surface area (Å²) >= 11 is 1.69. The number of thioether (sulfide) groups is 1. The van der Waals surface area contributed by atoms with Crippen molar-refractivity contribution in [3.05, 3.63) is 30.0 Å². The molecule has 1 heterocycles. The number of rotatable bonds is 4. The maximum atomic E-state index is 11.9. The molecule has 5 heteroatoms. The van der Waals surface area contributed by atoms with Gasteiger partial charge in [0.2, 0.25) is 0 Å². The number of furan rings is 1. The second-order valence-corrected chi connectivity index (χ2v) is 5.15. The molecular formula is C13H16N2O2S. The van der Waals surface area contributed by atoms with E-state index in [2.05, 4.69) is 5.32 Å². The Labute approximate surface area is 110 Å². The highest BCUT2D eigenvalue weighted by molar-refractivity contribution is 7.98. The highest BCUT2D eigenvalue weighted by atomic mass is 32.2. The molecule has 96 valence electrons. The molecule has 0 saturated carbocycles. The lowest BCUT2D eigenvalue weighted by Gasteiger charge is -2.10. The largest absolute Gasteiger partial charge is 0.451 e. The predicted octanol–water partition coefficient (Wildman–Crippen LogP) is 2.50. The second-order valence-electron chi connectivity index (χ2n) is 4.24. The number of carbonyl (C=O) groups excluding carboxylic acids is 1. The van der Waals surface area contributed by atoms with Crippen LogP contribution in [-0.4, -0.2) is 24.0 Å². The van der Waals surface area contributed by atoms with Crippen LogP contribution in [0.3, 0.4) is 0 Å². The average molecular weight is 264 g/mol. The van der Waals surface area contributed by atoms with Crippen molar-refractivity contribution in [2.24, 2.45) is 0 Å². The summed E-state index contributed by atoms with van der Waals surface area (Å²) in [5.41, 5.74) is 7.02. The average Bonchev–Trinajstić information content (AvgIpc) is 2.72. The van der Waals surface area contributed by atoms with Gasteiger partial charge in [-0.3, -0.25) is 4.79 Å². The van der Waals surface area contributed by atoms with Gasteiger partial charge in [0.25, 0.3) is 5.91 Å². The molecular weight excluding hydrogens is 248 g/mol. The molecule has 0 aliphatic carbocycles. The summed E-state index contributed by atoms with van der Waals surface area (Å²) in [4.78, 5) is 11.9. The molecule has 0 bridgehead atoms. The first kappa shape index (κ1) is 12.8. The van der Waals surface area contributed by atoms with Crippen molar-refractivity contribution in [2.75, 3.05) is 17.7 Å². The van der Waals surface area contributed by atoms with Crippen molar-refractivity contribution in [1.82, 2.24) is 5.32 Å². The molecule has 0 aliphatic rings. The number of nitrogen functional groups attached to an aromatic ring is 1. The van der Waals surface area contributed by atoms with Crippen molar-refractivity contribution in [3.8, 4) is 0 Å². The molecule has 3 N–H and O–H groups in total. The van der Waals surface area contributed by atoms with E-state index in [1.54, 1.807) is 36.0 Å². The van der Waals surface area contributed by atoms with Crippen molar-refractivity contribution in [3.63, 3.8) is 0 Å². The highest BCUT2D eigenvalue weighted by Crippen LogP contribution is 2.21. The number of nitrogens with two attached hydrogens (primary N) is 1. The van der Waals surface area contributed by atoms with Crippen LogP contribution in [0.1, 0.15) is 17.5 Å². The van der Waals surface area contributed by atoms with E-state index in [-0.39, 0.29) is 11.9 Å². The first-order valence-electron chi connectivity index (χ1n) is 5.69. The van der Waals surface area contributed by atoms with Crippen molar-refractivity contribution < 1.29 is 9.21 Å². The van der Waals surface area contributed by atoms with Crippen molar-refractivity contribution >= 4 is 34.3 Å². The minimum Gasteiger partial charge on any atom is -0.451 e. The third-order valence-electron chi connectivity index (χ3n) is 2.56.